The van der Waals surface area contributed by atoms with Gasteiger partial charge in [0.1, 0.15) is 17.0 Å². The summed E-state index contributed by atoms with van der Waals surface area (Å²) in [5, 5.41) is 4.94. The van der Waals surface area contributed by atoms with Crippen molar-refractivity contribution in [2.75, 3.05) is 20.1 Å². The molecule has 7 heteroatoms. The van der Waals surface area contributed by atoms with E-state index in [1.165, 1.54) is 0 Å². The number of aromatic amines is 1. The van der Waals surface area contributed by atoms with Crippen molar-refractivity contribution < 1.29 is 4.39 Å². The van der Waals surface area contributed by atoms with Crippen LogP contribution in [0.15, 0.2) is 41.8 Å². The van der Waals surface area contributed by atoms with Crippen LogP contribution in [0.4, 0.5) is 4.39 Å². The number of benzene rings is 1. The first kappa shape index (κ1) is 17.6. The fourth-order valence-electron chi connectivity index (χ4n) is 3.71. The molecule has 0 aliphatic carbocycles. The predicted octanol–water partition coefficient (Wildman–Crippen LogP) is 2.92. The normalized spacial score (nSPS) is 18.1. The fraction of sp³-hybridized carbons (Fsp3) is 0.350. The second kappa shape index (κ2) is 7.08. The van der Waals surface area contributed by atoms with E-state index in [2.05, 4.69) is 33.6 Å². The minimum Gasteiger partial charge on any atom is -0.310 e. The number of fused-ring (bicyclic) bond motifs is 1. The van der Waals surface area contributed by atoms with Gasteiger partial charge in [0.2, 0.25) is 0 Å². The minimum atomic E-state index is -0.478. The highest BCUT2D eigenvalue weighted by Crippen LogP contribution is 2.23. The van der Waals surface area contributed by atoms with Crippen LogP contribution in [0.1, 0.15) is 35.8 Å². The van der Waals surface area contributed by atoms with E-state index < -0.39 is 5.83 Å². The van der Waals surface area contributed by atoms with E-state index in [1.54, 1.807) is 24.4 Å². The molecule has 0 bridgehead atoms. The van der Waals surface area contributed by atoms with Crippen LogP contribution in [-0.4, -0.2) is 44.8 Å². The first-order chi connectivity index (χ1) is 13.0. The lowest BCUT2D eigenvalue weighted by molar-refractivity contribution is 0.205. The molecule has 2 aromatic heterocycles. The lowest BCUT2D eigenvalue weighted by Gasteiger charge is -2.29. The van der Waals surface area contributed by atoms with Gasteiger partial charge in [-0.3, -0.25) is 4.79 Å². The van der Waals surface area contributed by atoms with Gasteiger partial charge in [-0.15, -0.1) is 0 Å². The number of likely N-dealkylation sites (N-methyl/N-ethyl adjacent to an activating group) is 1. The highest BCUT2D eigenvalue weighted by Gasteiger charge is 2.22. The van der Waals surface area contributed by atoms with Gasteiger partial charge in [-0.05, 0) is 38.1 Å². The smallest absolute Gasteiger partial charge is 0.262 e. The number of piperidine rings is 1. The van der Waals surface area contributed by atoms with E-state index >= 15 is 0 Å². The van der Waals surface area contributed by atoms with Gasteiger partial charge in [0, 0.05) is 18.5 Å². The third-order valence-corrected chi connectivity index (χ3v) is 5.07. The van der Waals surface area contributed by atoms with Crippen molar-refractivity contribution in [2.45, 2.75) is 25.3 Å². The molecule has 4 rings (SSSR count). The molecule has 1 fully saturated rings. The summed E-state index contributed by atoms with van der Waals surface area (Å²) in [6.07, 6.45) is 4.11. The Morgan fingerprint density at radius 3 is 3.07 bits per heavy atom. The Morgan fingerprint density at radius 1 is 1.44 bits per heavy atom. The zero-order valence-electron chi connectivity index (χ0n) is 15.3. The first-order valence-corrected chi connectivity index (χ1v) is 9.10. The van der Waals surface area contributed by atoms with Crippen LogP contribution in [0, 0.1) is 0 Å². The quantitative estimate of drug-likeness (QED) is 0.770. The number of hydrogen-bond donors (Lipinski definition) is 1. The zero-order chi connectivity index (χ0) is 19.0. The monoisotopic (exact) mass is 367 g/mol. The van der Waals surface area contributed by atoms with Gasteiger partial charge in [-0.1, -0.05) is 24.8 Å². The molecule has 0 amide bonds. The molecular formula is C20H22FN5O. The number of halogens is 1. The maximum absolute atomic E-state index is 13.4. The molecule has 0 radical (unpaired) electrons. The van der Waals surface area contributed by atoms with Crippen LogP contribution in [0.3, 0.4) is 0 Å². The van der Waals surface area contributed by atoms with Crippen molar-refractivity contribution >= 4 is 16.9 Å². The van der Waals surface area contributed by atoms with E-state index in [4.69, 9.17) is 0 Å². The Balaban J connectivity index is 1.70. The molecule has 3 aromatic rings. The summed E-state index contributed by atoms with van der Waals surface area (Å²) in [6.45, 7) is 5.30. The molecule has 1 aliphatic heterocycles. The topological polar surface area (TPSA) is 66.8 Å². The molecule has 6 nitrogen and oxygen atoms in total. The first-order valence-electron chi connectivity index (χ1n) is 9.10. The number of aromatic nitrogens is 4. The summed E-state index contributed by atoms with van der Waals surface area (Å²) in [7, 11) is 2.09. The van der Waals surface area contributed by atoms with Crippen LogP contribution in [0.5, 0.6) is 0 Å². The Bertz CT molecular complexity index is 1050. The van der Waals surface area contributed by atoms with Crippen LogP contribution < -0.4 is 5.56 Å². The van der Waals surface area contributed by atoms with Gasteiger partial charge in [-0.2, -0.15) is 5.10 Å². The van der Waals surface area contributed by atoms with Crippen molar-refractivity contribution in [3.63, 3.8) is 0 Å². The predicted molar refractivity (Wildman–Crippen MR) is 103 cm³/mol. The minimum absolute atomic E-state index is 0.198. The molecule has 1 saturated heterocycles. The molecule has 0 saturated carbocycles. The second-order valence-electron chi connectivity index (χ2n) is 7.18. The van der Waals surface area contributed by atoms with E-state index in [9.17, 15) is 9.18 Å². The number of nitrogens with zero attached hydrogens (tertiary/aromatic N) is 4. The van der Waals surface area contributed by atoms with Crippen molar-refractivity contribution in [2.24, 2.45) is 0 Å². The standard InChI is InChI=1S/C20H22FN5O/c1-13(21)15-6-3-5-14(9-15)10-18-23-19-17(20(27)24-18)11-22-26(19)16-7-4-8-25(2)12-16/h3,5-6,9,11,16H,1,4,7-8,10,12H2,2H3,(H,23,24,27). The highest BCUT2D eigenvalue weighted by atomic mass is 19.1. The van der Waals surface area contributed by atoms with E-state index in [0.717, 1.165) is 31.5 Å². The largest absolute Gasteiger partial charge is 0.310 e. The van der Waals surface area contributed by atoms with Crippen molar-refractivity contribution in [3.8, 4) is 0 Å². The summed E-state index contributed by atoms with van der Waals surface area (Å²) in [5.41, 5.74) is 1.71. The molecule has 0 spiro atoms. The SMILES string of the molecule is C=C(F)c1cccc(Cc2nc3c(cnn3C3CCCN(C)C3)c(=O)[nH]2)c1. The van der Waals surface area contributed by atoms with Crippen LogP contribution in [0.25, 0.3) is 16.9 Å². The molecule has 1 aliphatic rings. The Hall–Kier alpha value is -2.80. The summed E-state index contributed by atoms with van der Waals surface area (Å²) in [6, 6.07) is 7.25. The number of nitrogens with one attached hydrogen (secondary N) is 1. The lowest BCUT2D eigenvalue weighted by atomic mass is 10.1. The van der Waals surface area contributed by atoms with Crippen LogP contribution >= 0.6 is 0 Å². The van der Waals surface area contributed by atoms with E-state index in [0.29, 0.717) is 28.8 Å². The number of H-pyrrole nitrogens is 1. The van der Waals surface area contributed by atoms with E-state index in [1.807, 2.05) is 10.7 Å². The van der Waals surface area contributed by atoms with Crippen molar-refractivity contribution in [1.29, 1.82) is 0 Å². The van der Waals surface area contributed by atoms with Gasteiger partial charge < -0.3 is 9.88 Å². The molecular weight excluding hydrogens is 345 g/mol. The number of hydrogen-bond acceptors (Lipinski definition) is 4. The molecule has 1 aromatic carbocycles. The average molecular weight is 367 g/mol. The van der Waals surface area contributed by atoms with E-state index in [-0.39, 0.29) is 11.6 Å². The Labute approximate surface area is 156 Å². The highest BCUT2D eigenvalue weighted by molar-refractivity contribution is 5.73. The van der Waals surface area contributed by atoms with Gasteiger partial charge in [0.05, 0.1) is 12.2 Å². The third-order valence-electron chi connectivity index (χ3n) is 5.07. The van der Waals surface area contributed by atoms with Crippen LogP contribution in [0.2, 0.25) is 0 Å². The maximum Gasteiger partial charge on any atom is 0.262 e. The molecule has 1 N–H and O–H groups in total. The van der Waals surface area contributed by atoms with Gasteiger partial charge in [0.15, 0.2) is 5.65 Å². The van der Waals surface area contributed by atoms with Gasteiger partial charge in [-0.25, -0.2) is 14.1 Å². The van der Waals surface area contributed by atoms with Crippen molar-refractivity contribution in [1.82, 2.24) is 24.6 Å². The Kier molecular flexibility index (Phi) is 4.61. The number of rotatable bonds is 4. The summed E-state index contributed by atoms with van der Waals surface area (Å²) in [4.78, 5) is 22.3. The zero-order valence-corrected chi connectivity index (χ0v) is 15.3. The van der Waals surface area contributed by atoms with Crippen LogP contribution in [-0.2, 0) is 6.42 Å². The molecule has 27 heavy (non-hydrogen) atoms. The molecule has 3 heterocycles. The second-order valence-corrected chi connectivity index (χ2v) is 7.18. The van der Waals surface area contributed by atoms with Gasteiger partial charge in [0.25, 0.3) is 5.56 Å². The van der Waals surface area contributed by atoms with Crippen molar-refractivity contribution in [3.05, 3.63) is 64.3 Å². The summed E-state index contributed by atoms with van der Waals surface area (Å²) < 4.78 is 15.3. The third kappa shape index (κ3) is 3.55. The molecule has 140 valence electrons. The average Bonchev–Trinajstić information content (AvgIpc) is 3.06. The fourth-order valence-corrected chi connectivity index (χ4v) is 3.71. The lowest BCUT2D eigenvalue weighted by Crippen LogP contribution is -2.34. The maximum atomic E-state index is 13.4. The summed E-state index contributed by atoms with van der Waals surface area (Å²) >= 11 is 0. The molecule has 1 unspecified atom stereocenters. The number of likely N-dealkylation sites (tertiary alicyclic amines) is 1. The summed E-state index contributed by atoms with van der Waals surface area (Å²) in [5.74, 6) is 0.0632. The molecule has 1 atom stereocenters. The van der Waals surface area contributed by atoms with Gasteiger partial charge >= 0.3 is 0 Å². The Morgan fingerprint density at radius 2 is 2.30 bits per heavy atom.